The summed E-state index contributed by atoms with van der Waals surface area (Å²) in [7, 11) is -0.877. The Labute approximate surface area is 193 Å². The summed E-state index contributed by atoms with van der Waals surface area (Å²) in [4.78, 5) is 13.5. The second-order valence-corrected chi connectivity index (χ2v) is 10.8. The molecule has 32 heavy (non-hydrogen) atoms. The van der Waals surface area contributed by atoms with Crippen molar-refractivity contribution in [3.05, 3.63) is 103 Å². The SMILES string of the molecule is C=C(C)C(OC(=O)c1ccccc1P(c1ccccc1)c1ccccc1)C1CCCCC1. The fourth-order valence-corrected chi connectivity index (χ4v) is 7.07. The Morgan fingerprint density at radius 1 is 0.844 bits per heavy atom. The van der Waals surface area contributed by atoms with E-state index < -0.39 is 7.92 Å². The molecule has 0 radical (unpaired) electrons. The van der Waals surface area contributed by atoms with Crippen LogP contribution in [0.1, 0.15) is 49.4 Å². The fraction of sp³-hybridized carbons (Fsp3) is 0.276. The minimum Gasteiger partial charge on any atom is -0.454 e. The molecule has 1 aliphatic rings. The van der Waals surface area contributed by atoms with Crippen molar-refractivity contribution >= 4 is 29.8 Å². The second kappa shape index (κ2) is 10.7. The van der Waals surface area contributed by atoms with Crippen LogP contribution in [0.5, 0.6) is 0 Å². The number of carbonyl (C=O) groups excluding carboxylic acids is 1. The van der Waals surface area contributed by atoms with E-state index in [-0.39, 0.29) is 12.1 Å². The summed E-state index contributed by atoms with van der Waals surface area (Å²) in [6.45, 7) is 6.14. The van der Waals surface area contributed by atoms with Crippen molar-refractivity contribution in [2.24, 2.45) is 5.92 Å². The molecule has 1 saturated carbocycles. The van der Waals surface area contributed by atoms with Crippen LogP contribution in [0.15, 0.2) is 97.1 Å². The van der Waals surface area contributed by atoms with Gasteiger partial charge in [0.2, 0.25) is 0 Å². The third kappa shape index (κ3) is 5.19. The quantitative estimate of drug-likeness (QED) is 0.250. The largest absolute Gasteiger partial charge is 0.454 e. The third-order valence-corrected chi connectivity index (χ3v) is 8.69. The van der Waals surface area contributed by atoms with Crippen molar-refractivity contribution in [1.29, 1.82) is 0 Å². The average molecular weight is 443 g/mol. The molecule has 3 heteroatoms. The molecule has 1 atom stereocenters. The van der Waals surface area contributed by atoms with Gasteiger partial charge in [0.1, 0.15) is 6.10 Å². The van der Waals surface area contributed by atoms with E-state index in [0.717, 1.165) is 23.7 Å². The van der Waals surface area contributed by atoms with E-state index >= 15 is 0 Å². The van der Waals surface area contributed by atoms with Gasteiger partial charge in [0.25, 0.3) is 0 Å². The van der Waals surface area contributed by atoms with E-state index in [9.17, 15) is 4.79 Å². The van der Waals surface area contributed by atoms with Gasteiger partial charge < -0.3 is 4.74 Å². The van der Waals surface area contributed by atoms with Crippen LogP contribution in [0.4, 0.5) is 0 Å². The second-order valence-electron chi connectivity index (χ2n) is 8.59. The molecule has 2 nitrogen and oxygen atoms in total. The van der Waals surface area contributed by atoms with Crippen molar-refractivity contribution in [1.82, 2.24) is 0 Å². The Bertz CT molecular complexity index is 1000. The van der Waals surface area contributed by atoms with Crippen LogP contribution < -0.4 is 15.9 Å². The van der Waals surface area contributed by atoms with Crippen molar-refractivity contribution < 1.29 is 9.53 Å². The predicted octanol–water partition coefficient (Wildman–Crippen LogP) is 6.13. The van der Waals surface area contributed by atoms with Crippen molar-refractivity contribution in [3.63, 3.8) is 0 Å². The van der Waals surface area contributed by atoms with Crippen LogP contribution in [0, 0.1) is 5.92 Å². The van der Waals surface area contributed by atoms with E-state index in [1.54, 1.807) is 0 Å². The van der Waals surface area contributed by atoms with Gasteiger partial charge in [-0.1, -0.05) is 105 Å². The van der Waals surface area contributed by atoms with E-state index in [1.165, 1.54) is 29.9 Å². The van der Waals surface area contributed by atoms with Gasteiger partial charge in [-0.2, -0.15) is 0 Å². The summed E-state index contributed by atoms with van der Waals surface area (Å²) >= 11 is 0. The zero-order chi connectivity index (χ0) is 22.3. The lowest BCUT2D eigenvalue weighted by Crippen LogP contribution is -2.32. The molecule has 0 N–H and O–H groups in total. The Hall–Kier alpha value is -2.70. The number of rotatable bonds is 7. The Morgan fingerprint density at radius 2 is 1.38 bits per heavy atom. The fourth-order valence-electron chi connectivity index (χ4n) is 4.64. The Kier molecular flexibility index (Phi) is 7.55. The van der Waals surface area contributed by atoms with Gasteiger partial charge in [-0.3, -0.25) is 0 Å². The van der Waals surface area contributed by atoms with E-state index in [4.69, 9.17) is 4.74 Å². The minimum atomic E-state index is -0.877. The predicted molar refractivity (Wildman–Crippen MR) is 136 cm³/mol. The van der Waals surface area contributed by atoms with Crippen LogP contribution in [0.25, 0.3) is 0 Å². The summed E-state index contributed by atoms with van der Waals surface area (Å²) in [5.74, 6) is 0.139. The molecule has 3 aromatic carbocycles. The first-order valence-electron chi connectivity index (χ1n) is 11.5. The molecule has 4 rings (SSSR count). The highest BCUT2D eigenvalue weighted by molar-refractivity contribution is 7.80. The smallest absolute Gasteiger partial charge is 0.339 e. The highest BCUT2D eigenvalue weighted by Gasteiger charge is 2.30. The molecule has 0 aliphatic heterocycles. The minimum absolute atomic E-state index is 0.212. The molecule has 0 bridgehead atoms. The standard InChI is InChI=1S/C29H31O2P/c1-22(2)28(23-14-6-3-7-15-23)31-29(30)26-20-12-13-21-27(26)32(24-16-8-4-9-17-24)25-18-10-5-11-19-25/h4-5,8-13,16-21,23,28H,1,3,6-7,14-15H2,2H3. The zero-order valence-electron chi connectivity index (χ0n) is 18.7. The van der Waals surface area contributed by atoms with E-state index in [0.29, 0.717) is 11.5 Å². The molecule has 0 aromatic heterocycles. The number of benzene rings is 3. The molecule has 3 aromatic rings. The summed E-state index contributed by atoms with van der Waals surface area (Å²) < 4.78 is 6.17. The zero-order valence-corrected chi connectivity index (χ0v) is 19.6. The van der Waals surface area contributed by atoms with Crippen molar-refractivity contribution in [2.45, 2.75) is 45.1 Å². The van der Waals surface area contributed by atoms with Gasteiger partial charge in [-0.25, -0.2) is 4.79 Å². The maximum absolute atomic E-state index is 13.5. The van der Waals surface area contributed by atoms with Crippen LogP contribution in [-0.4, -0.2) is 12.1 Å². The van der Waals surface area contributed by atoms with E-state index in [2.05, 4.69) is 61.2 Å². The first kappa shape index (κ1) is 22.5. The normalized spacial score (nSPS) is 15.3. The van der Waals surface area contributed by atoms with Crippen LogP contribution in [0.3, 0.4) is 0 Å². The molecule has 1 aliphatic carbocycles. The van der Waals surface area contributed by atoms with Gasteiger partial charge in [-0.05, 0) is 61.2 Å². The van der Waals surface area contributed by atoms with Crippen LogP contribution in [0.2, 0.25) is 0 Å². The van der Waals surface area contributed by atoms with Gasteiger partial charge in [0.05, 0.1) is 5.56 Å². The van der Waals surface area contributed by atoms with Crippen LogP contribution in [-0.2, 0) is 4.74 Å². The molecule has 0 heterocycles. The lowest BCUT2D eigenvalue weighted by molar-refractivity contribution is 0.0196. The molecule has 0 saturated heterocycles. The maximum atomic E-state index is 13.5. The topological polar surface area (TPSA) is 26.3 Å². The van der Waals surface area contributed by atoms with Gasteiger partial charge in [0.15, 0.2) is 0 Å². The summed E-state index contributed by atoms with van der Waals surface area (Å²) in [6, 6.07) is 28.9. The Morgan fingerprint density at radius 3 is 1.94 bits per heavy atom. The molecule has 1 fully saturated rings. The van der Waals surface area contributed by atoms with Gasteiger partial charge >= 0.3 is 5.97 Å². The van der Waals surface area contributed by atoms with Crippen molar-refractivity contribution in [2.75, 3.05) is 0 Å². The number of ether oxygens (including phenoxy) is 1. The average Bonchev–Trinajstić information content (AvgIpc) is 2.84. The van der Waals surface area contributed by atoms with Crippen molar-refractivity contribution in [3.8, 4) is 0 Å². The molecule has 1 unspecified atom stereocenters. The molecule has 0 amide bonds. The first-order chi connectivity index (χ1) is 15.6. The summed E-state index contributed by atoms with van der Waals surface area (Å²) in [5.41, 5.74) is 1.60. The molecular formula is C29H31O2P. The lowest BCUT2D eigenvalue weighted by Gasteiger charge is -2.31. The van der Waals surface area contributed by atoms with E-state index in [1.807, 2.05) is 37.3 Å². The number of hydrogen-bond acceptors (Lipinski definition) is 2. The highest BCUT2D eigenvalue weighted by atomic mass is 31.1. The van der Waals surface area contributed by atoms with Gasteiger partial charge in [-0.15, -0.1) is 0 Å². The maximum Gasteiger partial charge on any atom is 0.339 e. The monoisotopic (exact) mass is 442 g/mol. The first-order valence-corrected chi connectivity index (χ1v) is 12.8. The number of esters is 1. The van der Waals surface area contributed by atoms with Gasteiger partial charge in [0, 0.05) is 0 Å². The lowest BCUT2D eigenvalue weighted by atomic mass is 9.83. The van der Waals surface area contributed by atoms with Crippen LogP contribution >= 0.6 is 7.92 Å². The number of carbonyl (C=O) groups is 1. The highest BCUT2D eigenvalue weighted by Crippen LogP contribution is 2.35. The molecule has 164 valence electrons. The Balaban J connectivity index is 1.70. The third-order valence-electron chi connectivity index (χ3n) is 6.19. The summed E-state index contributed by atoms with van der Waals surface area (Å²) in [6.07, 6.45) is 5.68. The summed E-state index contributed by atoms with van der Waals surface area (Å²) in [5, 5.41) is 3.48. The molecule has 0 spiro atoms. The molecular weight excluding hydrogens is 411 g/mol. The number of hydrogen-bond donors (Lipinski definition) is 0.